The van der Waals surface area contributed by atoms with Crippen molar-refractivity contribution in [2.24, 2.45) is 0 Å². The van der Waals surface area contributed by atoms with Crippen molar-refractivity contribution in [3.05, 3.63) is 15.6 Å². The first-order valence-corrected chi connectivity index (χ1v) is 8.06. The summed E-state index contributed by atoms with van der Waals surface area (Å²) in [5.74, 6) is 0. The van der Waals surface area contributed by atoms with Gasteiger partial charge in [0.15, 0.2) is 0 Å². The Labute approximate surface area is 121 Å². The molecule has 0 saturated carbocycles. The van der Waals surface area contributed by atoms with Gasteiger partial charge in [0, 0.05) is 24.4 Å². The first-order valence-electron chi connectivity index (χ1n) is 7.24. The summed E-state index contributed by atoms with van der Waals surface area (Å²) in [5, 5.41) is 4.81. The SMILES string of the molecule is CCNC(Cc1nc(C)c(C)s1)C(CC)(CC)OC. The molecule has 3 nitrogen and oxygen atoms in total. The number of aromatic nitrogens is 1. The highest BCUT2D eigenvalue weighted by atomic mass is 32.1. The molecule has 1 heterocycles. The van der Waals surface area contributed by atoms with Crippen LogP contribution in [0.3, 0.4) is 0 Å². The van der Waals surface area contributed by atoms with E-state index in [2.05, 4.69) is 44.9 Å². The lowest BCUT2D eigenvalue weighted by molar-refractivity contribution is -0.0468. The minimum Gasteiger partial charge on any atom is -0.377 e. The van der Waals surface area contributed by atoms with Crippen LogP contribution in [0.15, 0.2) is 0 Å². The fraction of sp³-hybridized carbons (Fsp3) is 0.800. The Morgan fingerprint density at radius 1 is 1.26 bits per heavy atom. The van der Waals surface area contributed by atoms with Gasteiger partial charge in [0.2, 0.25) is 0 Å². The second-order valence-electron chi connectivity index (χ2n) is 5.04. The second-order valence-corrected chi connectivity index (χ2v) is 6.33. The molecule has 0 fully saturated rings. The average Bonchev–Trinajstić information content (AvgIpc) is 2.71. The third-order valence-electron chi connectivity index (χ3n) is 4.14. The number of nitrogens with one attached hydrogen (secondary N) is 1. The van der Waals surface area contributed by atoms with Crippen LogP contribution in [0.25, 0.3) is 0 Å². The Morgan fingerprint density at radius 2 is 1.89 bits per heavy atom. The quantitative estimate of drug-likeness (QED) is 0.793. The number of ether oxygens (including phenoxy) is 1. The first-order chi connectivity index (χ1) is 9.02. The number of nitrogens with zero attached hydrogens (tertiary/aromatic N) is 1. The van der Waals surface area contributed by atoms with Crippen LogP contribution in [0.4, 0.5) is 0 Å². The van der Waals surface area contributed by atoms with Crippen molar-refractivity contribution >= 4 is 11.3 Å². The van der Waals surface area contributed by atoms with Gasteiger partial charge in [-0.15, -0.1) is 11.3 Å². The molecule has 1 unspecified atom stereocenters. The van der Waals surface area contributed by atoms with Crippen LogP contribution >= 0.6 is 11.3 Å². The topological polar surface area (TPSA) is 34.2 Å². The molecular weight excluding hydrogens is 256 g/mol. The summed E-state index contributed by atoms with van der Waals surface area (Å²) < 4.78 is 5.87. The maximum Gasteiger partial charge on any atom is 0.0947 e. The zero-order valence-electron chi connectivity index (χ0n) is 13.2. The van der Waals surface area contributed by atoms with Crippen molar-refractivity contribution < 1.29 is 4.74 Å². The summed E-state index contributed by atoms with van der Waals surface area (Å²) in [7, 11) is 1.83. The Kier molecular flexibility index (Phi) is 6.43. The van der Waals surface area contributed by atoms with Crippen molar-refractivity contribution in [2.75, 3.05) is 13.7 Å². The van der Waals surface area contributed by atoms with Crippen LogP contribution in [-0.2, 0) is 11.2 Å². The van der Waals surface area contributed by atoms with Gasteiger partial charge in [0.05, 0.1) is 16.3 Å². The van der Waals surface area contributed by atoms with Crippen LogP contribution in [0.5, 0.6) is 0 Å². The minimum atomic E-state index is -0.0938. The number of hydrogen-bond acceptors (Lipinski definition) is 4. The predicted molar refractivity (Wildman–Crippen MR) is 83.1 cm³/mol. The molecule has 0 radical (unpaired) electrons. The van der Waals surface area contributed by atoms with Gasteiger partial charge in [-0.1, -0.05) is 20.8 Å². The lowest BCUT2D eigenvalue weighted by atomic mass is 9.86. The largest absolute Gasteiger partial charge is 0.377 e. The summed E-state index contributed by atoms with van der Waals surface area (Å²) in [6, 6.07) is 0.322. The molecule has 1 rings (SSSR count). The lowest BCUT2D eigenvalue weighted by Crippen LogP contribution is -2.52. The molecule has 19 heavy (non-hydrogen) atoms. The van der Waals surface area contributed by atoms with Gasteiger partial charge in [0.1, 0.15) is 0 Å². The molecular formula is C15H28N2OS. The standard InChI is InChI=1S/C15H28N2OS/c1-7-15(8-2,18-6)13(16-9-3)10-14-17-11(4)12(5)19-14/h13,16H,7-10H2,1-6H3. The van der Waals surface area contributed by atoms with E-state index in [1.807, 2.05) is 18.4 Å². The smallest absolute Gasteiger partial charge is 0.0947 e. The molecule has 0 aliphatic carbocycles. The molecule has 1 aromatic rings. The van der Waals surface area contributed by atoms with Crippen molar-refractivity contribution in [1.82, 2.24) is 10.3 Å². The fourth-order valence-electron chi connectivity index (χ4n) is 2.67. The predicted octanol–water partition coefficient (Wildman–Crippen LogP) is 3.49. The van der Waals surface area contributed by atoms with E-state index < -0.39 is 0 Å². The van der Waals surface area contributed by atoms with E-state index in [-0.39, 0.29) is 5.60 Å². The highest BCUT2D eigenvalue weighted by Crippen LogP contribution is 2.28. The number of likely N-dealkylation sites (N-methyl/N-ethyl adjacent to an activating group) is 1. The molecule has 0 bridgehead atoms. The first kappa shape index (κ1) is 16.6. The maximum absolute atomic E-state index is 5.87. The number of rotatable bonds is 8. The van der Waals surface area contributed by atoms with E-state index >= 15 is 0 Å². The molecule has 1 atom stereocenters. The third kappa shape index (κ3) is 3.77. The summed E-state index contributed by atoms with van der Waals surface area (Å²) in [5.41, 5.74) is 1.06. The lowest BCUT2D eigenvalue weighted by Gasteiger charge is -2.38. The Hall–Kier alpha value is -0.450. The molecule has 0 saturated heterocycles. The highest BCUT2D eigenvalue weighted by Gasteiger charge is 2.35. The Balaban J connectivity index is 2.93. The van der Waals surface area contributed by atoms with Crippen molar-refractivity contribution in [3.63, 3.8) is 0 Å². The van der Waals surface area contributed by atoms with Crippen molar-refractivity contribution in [3.8, 4) is 0 Å². The summed E-state index contributed by atoms with van der Waals surface area (Å²) in [4.78, 5) is 5.99. The van der Waals surface area contributed by atoms with Crippen LogP contribution in [0.2, 0.25) is 0 Å². The molecule has 0 aliphatic rings. The van der Waals surface area contributed by atoms with Gasteiger partial charge in [0.25, 0.3) is 0 Å². The molecule has 110 valence electrons. The van der Waals surface area contributed by atoms with Crippen LogP contribution in [0, 0.1) is 13.8 Å². The zero-order valence-corrected chi connectivity index (χ0v) is 14.0. The van der Waals surface area contributed by atoms with Gasteiger partial charge in [-0.05, 0) is 33.2 Å². The number of hydrogen-bond donors (Lipinski definition) is 1. The van der Waals surface area contributed by atoms with Crippen LogP contribution in [-0.4, -0.2) is 30.3 Å². The highest BCUT2D eigenvalue weighted by molar-refractivity contribution is 7.11. The van der Waals surface area contributed by atoms with E-state index in [9.17, 15) is 0 Å². The van der Waals surface area contributed by atoms with Gasteiger partial charge in [-0.25, -0.2) is 4.98 Å². The number of aryl methyl sites for hydroxylation is 2. The zero-order chi connectivity index (χ0) is 14.5. The minimum absolute atomic E-state index is 0.0938. The van der Waals surface area contributed by atoms with Gasteiger partial charge >= 0.3 is 0 Å². The van der Waals surface area contributed by atoms with Crippen molar-refractivity contribution in [1.29, 1.82) is 0 Å². The summed E-state index contributed by atoms with van der Waals surface area (Å²) >= 11 is 1.81. The molecule has 0 spiro atoms. The van der Waals surface area contributed by atoms with Crippen LogP contribution < -0.4 is 5.32 Å². The molecule has 4 heteroatoms. The second kappa shape index (κ2) is 7.36. The average molecular weight is 284 g/mol. The van der Waals surface area contributed by atoms with E-state index in [4.69, 9.17) is 4.74 Å². The van der Waals surface area contributed by atoms with E-state index in [1.54, 1.807) is 0 Å². The number of methoxy groups -OCH3 is 1. The van der Waals surface area contributed by atoms with Crippen LogP contribution in [0.1, 0.15) is 49.2 Å². The molecule has 0 aromatic carbocycles. The van der Waals surface area contributed by atoms with Gasteiger partial charge < -0.3 is 10.1 Å². The molecule has 0 amide bonds. The monoisotopic (exact) mass is 284 g/mol. The number of thiazole rings is 1. The Bertz CT molecular complexity index is 358. The maximum atomic E-state index is 5.87. The van der Waals surface area contributed by atoms with E-state index in [1.165, 1.54) is 9.88 Å². The van der Waals surface area contributed by atoms with E-state index in [0.717, 1.165) is 31.5 Å². The van der Waals surface area contributed by atoms with Gasteiger partial charge in [-0.3, -0.25) is 0 Å². The van der Waals surface area contributed by atoms with E-state index in [0.29, 0.717) is 6.04 Å². The summed E-state index contributed by atoms with van der Waals surface area (Å²) in [6.45, 7) is 11.7. The molecule has 0 aliphatic heterocycles. The van der Waals surface area contributed by atoms with Crippen molar-refractivity contribution in [2.45, 2.75) is 65.5 Å². The Morgan fingerprint density at radius 3 is 2.26 bits per heavy atom. The molecule has 1 N–H and O–H groups in total. The third-order valence-corrected chi connectivity index (χ3v) is 5.24. The normalized spacial score (nSPS) is 13.8. The van der Waals surface area contributed by atoms with Gasteiger partial charge in [-0.2, -0.15) is 0 Å². The fourth-order valence-corrected chi connectivity index (χ4v) is 3.64. The molecule has 1 aromatic heterocycles. The summed E-state index contributed by atoms with van der Waals surface area (Å²) in [6.07, 6.45) is 2.98.